The van der Waals surface area contributed by atoms with Crippen LogP contribution in [0.5, 0.6) is 5.88 Å². The number of benzene rings is 1. The van der Waals surface area contributed by atoms with E-state index >= 15 is 0 Å². The second-order valence-corrected chi connectivity index (χ2v) is 3.60. The Morgan fingerprint density at radius 2 is 1.94 bits per heavy atom. The van der Waals surface area contributed by atoms with Crippen LogP contribution >= 0.6 is 0 Å². The molecular formula is C13H15N3O. The highest BCUT2D eigenvalue weighted by Crippen LogP contribution is 2.16. The van der Waals surface area contributed by atoms with Gasteiger partial charge >= 0.3 is 0 Å². The van der Waals surface area contributed by atoms with Crippen LogP contribution in [0.15, 0.2) is 36.4 Å². The Balaban J connectivity index is 2.21. The minimum absolute atomic E-state index is 0.555. The fourth-order valence-corrected chi connectivity index (χ4v) is 1.47. The molecule has 0 unspecified atom stereocenters. The van der Waals surface area contributed by atoms with Crippen molar-refractivity contribution in [3.63, 3.8) is 0 Å². The van der Waals surface area contributed by atoms with Crippen molar-refractivity contribution in [2.24, 2.45) is 0 Å². The van der Waals surface area contributed by atoms with Crippen molar-refractivity contribution in [2.45, 2.75) is 13.8 Å². The van der Waals surface area contributed by atoms with E-state index in [4.69, 9.17) is 4.74 Å². The van der Waals surface area contributed by atoms with Gasteiger partial charge in [-0.15, -0.1) is 0 Å². The summed E-state index contributed by atoms with van der Waals surface area (Å²) in [4.78, 5) is 8.58. The molecule has 0 spiro atoms. The predicted molar refractivity (Wildman–Crippen MR) is 67.7 cm³/mol. The number of rotatable bonds is 4. The molecule has 2 aromatic rings. The van der Waals surface area contributed by atoms with Crippen molar-refractivity contribution < 1.29 is 4.74 Å². The van der Waals surface area contributed by atoms with Crippen LogP contribution in [0.2, 0.25) is 0 Å². The van der Waals surface area contributed by atoms with Crippen molar-refractivity contribution in [1.29, 1.82) is 0 Å². The van der Waals surface area contributed by atoms with E-state index in [1.54, 1.807) is 0 Å². The van der Waals surface area contributed by atoms with E-state index < -0.39 is 0 Å². The first-order valence-electron chi connectivity index (χ1n) is 5.58. The Labute approximate surface area is 101 Å². The smallest absolute Gasteiger partial charge is 0.230 e. The van der Waals surface area contributed by atoms with Gasteiger partial charge in [0.2, 0.25) is 11.8 Å². The van der Waals surface area contributed by atoms with Gasteiger partial charge < -0.3 is 10.1 Å². The van der Waals surface area contributed by atoms with Crippen molar-refractivity contribution in [1.82, 2.24) is 9.97 Å². The zero-order valence-electron chi connectivity index (χ0n) is 9.97. The molecule has 0 saturated heterocycles. The van der Waals surface area contributed by atoms with Crippen molar-refractivity contribution >= 4 is 11.6 Å². The predicted octanol–water partition coefficient (Wildman–Crippen LogP) is 2.93. The molecule has 0 fully saturated rings. The van der Waals surface area contributed by atoms with E-state index in [2.05, 4.69) is 15.3 Å². The molecule has 0 aliphatic carbocycles. The van der Waals surface area contributed by atoms with Crippen LogP contribution in [0, 0.1) is 6.92 Å². The Bertz CT molecular complexity index is 485. The van der Waals surface area contributed by atoms with Gasteiger partial charge in [0.25, 0.3) is 0 Å². The van der Waals surface area contributed by atoms with Gasteiger partial charge in [-0.2, -0.15) is 4.98 Å². The number of ether oxygens (including phenoxy) is 1. The number of aromatic nitrogens is 2. The number of para-hydroxylation sites is 1. The van der Waals surface area contributed by atoms with Crippen LogP contribution < -0.4 is 10.1 Å². The van der Waals surface area contributed by atoms with Gasteiger partial charge in [0, 0.05) is 17.4 Å². The van der Waals surface area contributed by atoms with Gasteiger partial charge in [-0.05, 0) is 26.0 Å². The molecule has 1 heterocycles. The molecular weight excluding hydrogens is 214 g/mol. The molecule has 0 saturated carbocycles. The first-order valence-corrected chi connectivity index (χ1v) is 5.58. The van der Waals surface area contributed by atoms with Crippen LogP contribution in [0.4, 0.5) is 11.6 Å². The highest BCUT2D eigenvalue weighted by molar-refractivity contribution is 5.53. The molecule has 4 heteroatoms. The average Bonchev–Trinajstić information content (AvgIpc) is 2.30. The summed E-state index contributed by atoms with van der Waals surface area (Å²) < 4.78 is 5.37. The molecule has 0 bridgehead atoms. The third-order valence-corrected chi connectivity index (χ3v) is 2.15. The highest BCUT2D eigenvalue weighted by atomic mass is 16.5. The molecule has 0 atom stereocenters. The average molecular weight is 229 g/mol. The van der Waals surface area contributed by atoms with E-state index in [-0.39, 0.29) is 0 Å². The van der Waals surface area contributed by atoms with Crippen LogP contribution in [0.1, 0.15) is 12.6 Å². The molecule has 0 aliphatic heterocycles. The lowest BCUT2D eigenvalue weighted by Crippen LogP contribution is -2.02. The summed E-state index contributed by atoms with van der Waals surface area (Å²) in [5, 5.41) is 3.14. The summed E-state index contributed by atoms with van der Waals surface area (Å²) in [5.41, 5.74) is 1.84. The maximum Gasteiger partial charge on any atom is 0.230 e. The summed E-state index contributed by atoms with van der Waals surface area (Å²) in [6.07, 6.45) is 0. The van der Waals surface area contributed by atoms with Crippen molar-refractivity contribution in [2.75, 3.05) is 11.9 Å². The molecule has 1 aromatic heterocycles. The van der Waals surface area contributed by atoms with Crippen LogP contribution in [-0.2, 0) is 0 Å². The lowest BCUT2D eigenvalue weighted by Gasteiger charge is -2.08. The van der Waals surface area contributed by atoms with Gasteiger partial charge in [-0.25, -0.2) is 4.98 Å². The number of anilines is 2. The van der Waals surface area contributed by atoms with Gasteiger partial charge in [0.05, 0.1) is 6.61 Å². The summed E-state index contributed by atoms with van der Waals surface area (Å²) in [7, 11) is 0. The summed E-state index contributed by atoms with van der Waals surface area (Å²) in [5.74, 6) is 1.15. The minimum Gasteiger partial charge on any atom is -0.478 e. The fourth-order valence-electron chi connectivity index (χ4n) is 1.47. The number of aryl methyl sites for hydroxylation is 1. The van der Waals surface area contributed by atoms with E-state index in [9.17, 15) is 0 Å². The van der Waals surface area contributed by atoms with E-state index in [1.807, 2.05) is 50.2 Å². The monoisotopic (exact) mass is 229 g/mol. The quantitative estimate of drug-likeness (QED) is 0.875. The summed E-state index contributed by atoms with van der Waals surface area (Å²) >= 11 is 0. The SMILES string of the molecule is CCOc1cc(C)nc(Nc2ccccc2)n1. The van der Waals surface area contributed by atoms with Gasteiger partial charge in [-0.1, -0.05) is 18.2 Å². The molecule has 0 aliphatic rings. The van der Waals surface area contributed by atoms with Crippen LogP contribution in [0.3, 0.4) is 0 Å². The molecule has 88 valence electrons. The topological polar surface area (TPSA) is 47.0 Å². The molecule has 0 radical (unpaired) electrons. The fraction of sp³-hybridized carbons (Fsp3) is 0.231. The Kier molecular flexibility index (Phi) is 3.55. The molecule has 0 amide bonds. The van der Waals surface area contributed by atoms with Crippen LogP contribution in [-0.4, -0.2) is 16.6 Å². The number of hydrogen-bond acceptors (Lipinski definition) is 4. The Morgan fingerprint density at radius 1 is 1.18 bits per heavy atom. The number of nitrogens with one attached hydrogen (secondary N) is 1. The zero-order chi connectivity index (χ0) is 12.1. The third-order valence-electron chi connectivity index (χ3n) is 2.15. The lowest BCUT2D eigenvalue weighted by atomic mass is 10.3. The highest BCUT2D eigenvalue weighted by Gasteiger charge is 2.02. The number of nitrogens with zero attached hydrogens (tertiary/aromatic N) is 2. The maximum atomic E-state index is 5.37. The maximum absolute atomic E-state index is 5.37. The normalized spacial score (nSPS) is 10.0. The number of hydrogen-bond donors (Lipinski definition) is 1. The molecule has 1 aromatic carbocycles. The Hall–Kier alpha value is -2.10. The second-order valence-electron chi connectivity index (χ2n) is 3.60. The molecule has 1 N–H and O–H groups in total. The van der Waals surface area contributed by atoms with E-state index in [0.717, 1.165) is 11.4 Å². The first kappa shape index (κ1) is 11.4. The summed E-state index contributed by atoms with van der Waals surface area (Å²) in [6.45, 7) is 4.45. The molecule has 2 rings (SSSR count). The van der Waals surface area contributed by atoms with Gasteiger partial charge in [-0.3, -0.25) is 0 Å². The second kappa shape index (κ2) is 5.30. The van der Waals surface area contributed by atoms with E-state index in [1.165, 1.54) is 0 Å². The standard InChI is InChI=1S/C13H15N3O/c1-3-17-12-9-10(2)14-13(16-12)15-11-7-5-4-6-8-11/h4-9H,3H2,1-2H3,(H,14,15,16). The third kappa shape index (κ3) is 3.17. The zero-order valence-corrected chi connectivity index (χ0v) is 9.97. The molecule has 17 heavy (non-hydrogen) atoms. The lowest BCUT2D eigenvalue weighted by molar-refractivity contribution is 0.326. The first-order chi connectivity index (χ1) is 8.28. The van der Waals surface area contributed by atoms with E-state index in [0.29, 0.717) is 18.4 Å². The van der Waals surface area contributed by atoms with Crippen molar-refractivity contribution in [3.05, 3.63) is 42.1 Å². The van der Waals surface area contributed by atoms with Crippen molar-refractivity contribution in [3.8, 4) is 5.88 Å². The van der Waals surface area contributed by atoms with Gasteiger partial charge in [0.1, 0.15) is 0 Å². The minimum atomic E-state index is 0.555. The van der Waals surface area contributed by atoms with Crippen LogP contribution in [0.25, 0.3) is 0 Å². The van der Waals surface area contributed by atoms with Gasteiger partial charge in [0.15, 0.2) is 0 Å². The summed E-state index contributed by atoms with van der Waals surface area (Å²) in [6, 6.07) is 11.6. The molecule has 4 nitrogen and oxygen atoms in total. The Morgan fingerprint density at radius 3 is 2.65 bits per heavy atom. The largest absolute Gasteiger partial charge is 0.478 e.